The predicted molar refractivity (Wildman–Crippen MR) is 124 cm³/mol. The molecule has 0 radical (unpaired) electrons. The number of hydrogen-bond donors (Lipinski definition) is 1. The number of quaternary nitrogens is 1. The van der Waals surface area contributed by atoms with Crippen molar-refractivity contribution in [3.63, 3.8) is 0 Å². The van der Waals surface area contributed by atoms with Crippen LogP contribution in [-0.4, -0.2) is 48.2 Å². The summed E-state index contributed by atoms with van der Waals surface area (Å²) in [5.74, 6) is 1.35. The van der Waals surface area contributed by atoms with Gasteiger partial charge in [-0.2, -0.15) is 0 Å². The Hall–Kier alpha value is -0.670. The van der Waals surface area contributed by atoms with Gasteiger partial charge in [0.05, 0.1) is 19.7 Å². The molecule has 0 saturated carbocycles. The first-order valence-corrected chi connectivity index (χ1v) is 12.4. The minimum Gasteiger partial charge on any atom is -0.390 e. The lowest BCUT2D eigenvalue weighted by Gasteiger charge is -2.33. The van der Waals surface area contributed by atoms with Crippen LogP contribution in [0.25, 0.3) is 0 Å². The SMILES string of the molecule is CCCCCCCCC=CCCCCCCCCC1=NCC[N+]1(CC)CCO. The van der Waals surface area contributed by atoms with Crippen molar-refractivity contribution in [3.05, 3.63) is 12.2 Å². The van der Waals surface area contributed by atoms with E-state index >= 15 is 0 Å². The topological polar surface area (TPSA) is 32.6 Å². The second-order valence-corrected chi connectivity index (χ2v) is 8.62. The highest BCUT2D eigenvalue weighted by atomic mass is 16.3. The highest BCUT2D eigenvalue weighted by molar-refractivity contribution is 5.76. The van der Waals surface area contributed by atoms with Crippen LogP contribution in [0.1, 0.15) is 110 Å². The Labute approximate surface area is 175 Å². The van der Waals surface area contributed by atoms with Crippen LogP contribution in [0.15, 0.2) is 17.1 Å². The van der Waals surface area contributed by atoms with Gasteiger partial charge in [-0.1, -0.05) is 76.9 Å². The molecule has 0 aromatic carbocycles. The van der Waals surface area contributed by atoms with Crippen LogP contribution in [0.3, 0.4) is 0 Å². The monoisotopic (exact) mass is 393 g/mol. The number of aliphatic imine (C=N–C) groups is 1. The molecule has 3 heteroatoms. The maximum atomic E-state index is 9.38. The number of aliphatic hydroxyl groups excluding tert-OH is 1. The quantitative estimate of drug-likeness (QED) is 0.149. The summed E-state index contributed by atoms with van der Waals surface area (Å²) in [6.45, 7) is 8.77. The van der Waals surface area contributed by atoms with Gasteiger partial charge in [0.1, 0.15) is 13.1 Å². The van der Waals surface area contributed by atoms with Gasteiger partial charge in [0.15, 0.2) is 5.84 Å². The van der Waals surface area contributed by atoms with E-state index < -0.39 is 0 Å². The molecule has 1 heterocycles. The number of hydrogen-bond acceptors (Lipinski definition) is 2. The maximum absolute atomic E-state index is 9.38. The summed E-state index contributed by atoms with van der Waals surface area (Å²) in [4.78, 5) is 4.76. The summed E-state index contributed by atoms with van der Waals surface area (Å²) in [6, 6.07) is 0. The fourth-order valence-electron chi connectivity index (χ4n) is 4.43. The highest BCUT2D eigenvalue weighted by Crippen LogP contribution is 2.20. The maximum Gasteiger partial charge on any atom is 0.198 e. The molecule has 1 aliphatic rings. The number of allylic oxidation sites excluding steroid dienone is 2. The van der Waals surface area contributed by atoms with Crippen LogP contribution in [0, 0.1) is 0 Å². The van der Waals surface area contributed by atoms with Crippen molar-refractivity contribution < 1.29 is 9.59 Å². The smallest absolute Gasteiger partial charge is 0.198 e. The molecule has 28 heavy (non-hydrogen) atoms. The molecule has 1 N–H and O–H groups in total. The van der Waals surface area contributed by atoms with Gasteiger partial charge in [-0.25, -0.2) is 4.99 Å². The number of nitrogens with zero attached hydrogens (tertiary/aromatic N) is 2. The van der Waals surface area contributed by atoms with Gasteiger partial charge < -0.3 is 5.11 Å². The summed E-state index contributed by atoms with van der Waals surface area (Å²) >= 11 is 0. The number of rotatable bonds is 19. The second kappa shape index (κ2) is 17.2. The van der Waals surface area contributed by atoms with E-state index in [0.29, 0.717) is 0 Å². The number of likely N-dealkylation sites (N-methyl/N-ethyl adjacent to an activating group) is 1. The summed E-state index contributed by atoms with van der Waals surface area (Å²) in [5, 5.41) is 9.38. The Balaban J connectivity index is 1.91. The van der Waals surface area contributed by atoms with Crippen molar-refractivity contribution in [2.75, 3.05) is 32.8 Å². The minimum absolute atomic E-state index is 0.278. The first-order chi connectivity index (χ1) is 13.8. The molecule has 1 atom stereocenters. The summed E-state index contributed by atoms with van der Waals surface area (Å²) in [5.41, 5.74) is 0. The van der Waals surface area contributed by atoms with Crippen molar-refractivity contribution in [1.82, 2.24) is 0 Å². The molecule has 3 nitrogen and oxygen atoms in total. The van der Waals surface area contributed by atoms with E-state index in [-0.39, 0.29) is 6.61 Å². The fourth-order valence-corrected chi connectivity index (χ4v) is 4.43. The van der Waals surface area contributed by atoms with E-state index in [0.717, 1.165) is 37.1 Å². The first-order valence-electron chi connectivity index (χ1n) is 12.4. The van der Waals surface area contributed by atoms with Crippen LogP contribution in [0.2, 0.25) is 0 Å². The molecule has 1 aliphatic heterocycles. The number of amidine groups is 1. The largest absolute Gasteiger partial charge is 0.390 e. The minimum atomic E-state index is 0.278. The summed E-state index contributed by atoms with van der Waals surface area (Å²) in [7, 11) is 0. The van der Waals surface area contributed by atoms with Gasteiger partial charge in [-0.05, 0) is 39.0 Å². The molecule has 1 unspecified atom stereocenters. The Morgan fingerprint density at radius 3 is 1.96 bits per heavy atom. The van der Waals surface area contributed by atoms with Gasteiger partial charge in [-0.15, -0.1) is 0 Å². The Morgan fingerprint density at radius 1 is 0.821 bits per heavy atom. The van der Waals surface area contributed by atoms with E-state index in [1.165, 1.54) is 95.7 Å². The van der Waals surface area contributed by atoms with Gasteiger partial charge in [0.2, 0.25) is 0 Å². The normalized spacial score (nSPS) is 19.6. The Kier molecular flexibility index (Phi) is 15.6. The van der Waals surface area contributed by atoms with Gasteiger partial charge >= 0.3 is 0 Å². The molecule has 0 spiro atoms. The third kappa shape index (κ3) is 10.8. The molecule has 0 bridgehead atoms. The van der Waals surface area contributed by atoms with Crippen LogP contribution in [0.5, 0.6) is 0 Å². The molecule has 0 amide bonds. The van der Waals surface area contributed by atoms with Crippen LogP contribution >= 0.6 is 0 Å². The lowest BCUT2D eigenvalue weighted by molar-refractivity contribution is -0.835. The summed E-state index contributed by atoms with van der Waals surface area (Å²) < 4.78 is 0.946. The van der Waals surface area contributed by atoms with E-state index in [1.807, 2.05) is 0 Å². The van der Waals surface area contributed by atoms with Crippen LogP contribution in [0.4, 0.5) is 0 Å². The molecular formula is C25H49N2O+. The molecule has 0 aliphatic carbocycles. The van der Waals surface area contributed by atoms with Crippen molar-refractivity contribution in [2.24, 2.45) is 4.99 Å². The Morgan fingerprint density at radius 2 is 1.39 bits per heavy atom. The average Bonchev–Trinajstić information content (AvgIpc) is 3.11. The summed E-state index contributed by atoms with van der Waals surface area (Å²) in [6.07, 6.45) is 25.0. The van der Waals surface area contributed by atoms with E-state index in [9.17, 15) is 5.11 Å². The molecular weight excluding hydrogens is 344 g/mol. The number of aliphatic hydroxyl groups is 1. The molecule has 164 valence electrons. The van der Waals surface area contributed by atoms with E-state index in [2.05, 4.69) is 26.0 Å². The van der Waals surface area contributed by atoms with E-state index in [4.69, 9.17) is 4.99 Å². The fraction of sp³-hybridized carbons (Fsp3) is 0.880. The van der Waals surface area contributed by atoms with Gasteiger partial charge in [-0.3, -0.25) is 4.48 Å². The van der Waals surface area contributed by atoms with Crippen LogP contribution < -0.4 is 0 Å². The van der Waals surface area contributed by atoms with Gasteiger partial charge in [0, 0.05) is 6.42 Å². The molecule has 0 saturated heterocycles. The molecule has 0 fully saturated rings. The molecule has 0 aromatic heterocycles. The number of unbranched alkanes of at least 4 members (excludes halogenated alkanes) is 12. The highest BCUT2D eigenvalue weighted by Gasteiger charge is 2.35. The lowest BCUT2D eigenvalue weighted by Crippen LogP contribution is -2.52. The molecule has 0 aromatic rings. The lowest BCUT2D eigenvalue weighted by atomic mass is 10.1. The second-order valence-electron chi connectivity index (χ2n) is 8.62. The predicted octanol–water partition coefficient (Wildman–Crippen LogP) is 6.66. The van der Waals surface area contributed by atoms with Crippen molar-refractivity contribution >= 4 is 5.84 Å². The Bertz CT molecular complexity index is 419. The molecule has 1 rings (SSSR count). The zero-order valence-electron chi connectivity index (χ0n) is 19.1. The first kappa shape index (κ1) is 25.4. The third-order valence-corrected chi connectivity index (χ3v) is 6.42. The van der Waals surface area contributed by atoms with Crippen molar-refractivity contribution in [3.8, 4) is 0 Å². The average molecular weight is 394 g/mol. The van der Waals surface area contributed by atoms with Crippen molar-refractivity contribution in [2.45, 2.75) is 110 Å². The van der Waals surface area contributed by atoms with E-state index in [1.54, 1.807) is 0 Å². The zero-order valence-corrected chi connectivity index (χ0v) is 19.1. The third-order valence-electron chi connectivity index (χ3n) is 6.42. The standard InChI is InChI=1S/C25H49N2O/c1-3-5-6-7-8-9-10-11-12-13-14-15-16-17-18-19-20-25-26-21-22-27(25,4-2)23-24-28/h11-12,28H,3-10,13-24H2,1-2H3/q+1. The van der Waals surface area contributed by atoms with Crippen molar-refractivity contribution in [1.29, 1.82) is 0 Å². The van der Waals surface area contributed by atoms with Gasteiger partial charge in [0.25, 0.3) is 0 Å². The zero-order chi connectivity index (χ0) is 20.3. The van der Waals surface area contributed by atoms with Crippen LogP contribution in [-0.2, 0) is 0 Å².